The Morgan fingerprint density at radius 3 is 2.79 bits per heavy atom. The number of likely N-dealkylation sites (tertiary alicyclic amines) is 1. The van der Waals surface area contributed by atoms with E-state index in [9.17, 15) is 4.39 Å². The number of anilines is 1. The number of nitrogens with zero attached hydrogens (tertiary/aromatic N) is 7. The standard InChI is InChI=1S/C21H23F3N8O/c1-11(7-22)32-16-6-12(4-5-15(16)27-29-32)17-13(14-9-30(2)10-21(14,23)24)8-31-18(17)19(33-3)26-20(25)28-31/h4-6,8,11,14H,7,9-10H2,1-3H3,(H2,25,28)/t11-,14+/m1/s1. The molecule has 0 amide bonds. The molecule has 2 N–H and O–H groups in total. The fraction of sp³-hybridized carbons (Fsp3) is 0.429. The summed E-state index contributed by atoms with van der Waals surface area (Å²) in [6.07, 6.45) is 1.56. The number of rotatable bonds is 5. The summed E-state index contributed by atoms with van der Waals surface area (Å²) in [4.78, 5) is 5.75. The van der Waals surface area contributed by atoms with E-state index >= 15 is 8.78 Å². The van der Waals surface area contributed by atoms with Crippen molar-refractivity contribution < 1.29 is 17.9 Å². The molecule has 2 atom stereocenters. The second kappa shape index (κ2) is 7.58. The number of ether oxygens (including phenoxy) is 1. The number of hydrogen-bond acceptors (Lipinski definition) is 7. The first-order valence-electron chi connectivity index (χ1n) is 10.4. The maximum absolute atomic E-state index is 15.0. The van der Waals surface area contributed by atoms with Crippen molar-refractivity contribution in [2.75, 3.05) is 39.7 Å². The van der Waals surface area contributed by atoms with Crippen molar-refractivity contribution in [2.24, 2.45) is 0 Å². The van der Waals surface area contributed by atoms with E-state index in [1.165, 1.54) is 16.3 Å². The van der Waals surface area contributed by atoms with Gasteiger partial charge in [0.1, 0.15) is 17.7 Å². The molecule has 9 nitrogen and oxygen atoms in total. The molecule has 1 aliphatic rings. The molecule has 0 radical (unpaired) electrons. The SMILES string of the molecule is COc1nc(N)nn2cc([C@@H]3CN(C)CC3(F)F)c(-c3ccc4nnn([C@H](C)CF)c4c3)c12. The van der Waals surface area contributed by atoms with Gasteiger partial charge in [-0.25, -0.2) is 22.4 Å². The number of benzene rings is 1. The maximum Gasteiger partial charge on any atom is 0.268 e. The fourth-order valence-corrected chi connectivity index (χ4v) is 4.58. The number of alkyl halides is 3. The predicted octanol–water partition coefficient (Wildman–Crippen LogP) is 2.93. The minimum Gasteiger partial charge on any atom is -0.479 e. The van der Waals surface area contributed by atoms with E-state index in [0.29, 0.717) is 33.2 Å². The molecule has 1 aliphatic heterocycles. The van der Waals surface area contributed by atoms with Crippen LogP contribution in [0, 0.1) is 0 Å². The van der Waals surface area contributed by atoms with E-state index in [2.05, 4.69) is 20.4 Å². The summed E-state index contributed by atoms with van der Waals surface area (Å²) in [5, 5.41) is 12.4. The zero-order valence-electron chi connectivity index (χ0n) is 18.3. The van der Waals surface area contributed by atoms with Gasteiger partial charge in [0, 0.05) is 18.3 Å². The lowest BCUT2D eigenvalue weighted by molar-refractivity contribution is -0.00105. The summed E-state index contributed by atoms with van der Waals surface area (Å²) in [7, 11) is 3.09. The molecule has 1 fully saturated rings. The monoisotopic (exact) mass is 460 g/mol. The number of hydrogen-bond donors (Lipinski definition) is 1. The van der Waals surface area contributed by atoms with Crippen LogP contribution < -0.4 is 10.5 Å². The Kier molecular flexibility index (Phi) is 4.92. The molecule has 0 spiro atoms. The van der Waals surface area contributed by atoms with Gasteiger partial charge in [0.15, 0.2) is 0 Å². The Bertz CT molecular complexity index is 1350. The quantitative estimate of drug-likeness (QED) is 0.489. The average molecular weight is 460 g/mol. The van der Waals surface area contributed by atoms with Crippen molar-refractivity contribution in [2.45, 2.75) is 24.8 Å². The zero-order chi connectivity index (χ0) is 23.5. The molecule has 1 aromatic carbocycles. The second-order valence-electron chi connectivity index (χ2n) is 8.48. The summed E-state index contributed by atoms with van der Waals surface area (Å²) in [6.45, 7) is 0.889. The Hall–Kier alpha value is -3.41. The minimum absolute atomic E-state index is 0.0442. The Morgan fingerprint density at radius 2 is 2.12 bits per heavy atom. The highest BCUT2D eigenvalue weighted by Crippen LogP contribution is 2.46. The molecule has 33 heavy (non-hydrogen) atoms. The molecular formula is C21H23F3N8O. The van der Waals surface area contributed by atoms with E-state index in [4.69, 9.17) is 10.5 Å². The number of halogens is 3. The number of aromatic nitrogens is 6. The molecule has 4 heterocycles. The van der Waals surface area contributed by atoms with Gasteiger partial charge < -0.3 is 10.5 Å². The number of methoxy groups -OCH3 is 1. The lowest BCUT2D eigenvalue weighted by atomic mass is 9.90. The molecule has 0 unspecified atom stereocenters. The third-order valence-electron chi connectivity index (χ3n) is 6.10. The highest BCUT2D eigenvalue weighted by atomic mass is 19.3. The third kappa shape index (κ3) is 3.36. The Balaban J connectivity index is 1.81. The van der Waals surface area contributed by atoms with Crippen LogP contribution in [0.3, 0.4) is 0 Å². The molecule has 1 saturated heterocycles. The molecule has 0 saturated carbocycles. The van der Waals surface area contributed by atoms with Crippen LogP contribution in [-0.4, -0.2) is 74.3 Å². The highest BCUT2D eigenvalue weighted by Gasteiger charge is 2.49. The largest absolute Gasteiger partial charge is 0.479 e. The van der Waals surface area contributed by atoms with Crippen molar-refractivity contribution in [3.05, 3.63) is 30.0 Å². The molecular weight excluding hydrogens is 437 g/mol. The summed E-state index contributed by atoms with van der Waals surface area (Å²) in [6, 6.07) is 4.75. The first-order valence-corrected chi connectivity index (χ1v) is 10.4. The van der Waals surface area contributed by atoms with E-state index in [0.717, 1.165) is 0 Å². The van der Waals surface area contributed by atoms with Crippen LogP contribution in [0.15, 0.2) is 24.4 Å². The van der Waals surface area contributed by atoms with E-state index < -0.39 is 24.6 Å². The van der Waals surface area contributed by atoms with Crippen LogP contribution >= 0.6 is 0 Å². The fourth-order valence-electron chi connectivity index (χ4n) is 4.58. The number of likely N-dealkylation sites (N-methyl/N-ethyl adjacent to an activating group) is 1. The van der Waals surface area contributed by atoms with Gasteiger partial charge in [-0.05, 0) is 37.2 Å². The first-order chi connectivity index (χ1) is 15.7. The van der Waals surface area contributed by atoms with Gasteiger partial charge in [-0.15, -0.1) is 10.2 Å². The smallest absolute Gasteiger partial charge is 0.268 e. The topological polar surface area (TPSA) is 99.4 Å². The van der Waals surface area contributed by atoms with Gasteiger partial charge >= 0.3 is 0 Å². The zero-order valence-corrected chi connectivity index (χ0v) is 18.3. The second-order valence-corrected chi connectivity index (χ2v) is 8.48. The Morgan fingerprint density at radius 1 is 1.33 bits per heavy atom. The Labute approximate surface area is 186 Å². The van der Waals surface area contributed by atoms with Gasteiger partial charge in [0.2, 0.25) is 11.8 Å². The van der Waals surface area contributed by atoms with Gasteiger partial charge in [-0.3, -0.25) is 4.90 Å². The molecule has 0 bridgehead atoms. The van der Waals surface area contributed by atoms with Crippen LogP contribution in [0.5, 0.6) is 5.88 Å². The van der Waals surface area contributed by atoms with Gasteiger partial charge in [0.05, 0.1) is 31.1 Å². The first kappa shape index (κ1) is 21.4. The van der Waals surface area contributed by atoms with Crippen molar-refractivity contribution >= 4 is 22.5 Å². The summed E-state index contributed by atoms with van der Waals surface area (Å²) in [5.74, 6) is -3.90. The molecule has 12 heteroatoms. The highest BCUT2D eigenvalue weighted by molar-refractivity contribution is 5.92. The van der Waals surface area contributed by atoms with Crippen LogP contribution in [0.1, 0.15) is 24.4 Å². The minimum atomic E-state index is -2.95. The van der Waals surface area contributed by atoms with Crippen molar-refractivity contribution in [1.29, 1.82) is 0 Å². The lowest BCUT2D eigenvalue weighted by Crippen LogP contribution is -2.25. The van der Waals surface area contributed by atoms with Gasteiger partial charge in [0.25, 0.3) is 5.92 Å². The molecule has 5 rings (SSSR count). The lowest BCUT2D eigenvalue weighted by Gasteiger charge is -2.19. The van der Waals surface area contributed by atoms with E-state index in [-0.39, 0.29) is 24.9 Å². The number of nitrogen functional groups attached to an aromatic ring is 1. The van der Waals surface area contributed by atoms with E-state index in [1.54, 1.807) is 43.3 Å². The van der Waals surface area contributed by atoms with Crippen LogP contribution in [0.25, 0.3) is 27.7 Å². The molecule has 3 aromatic heterocycles. The molecule has 174 valence electrons. The average Bonchev–Trinajstić information content (AvgIpc) is 3.43. The van der Waals surface area contributed by atoms with Crippen LogP contribution in [0.2, 0.25) is 0 Å². The van der Waals surface area contributed by atoms with Crippen molar-refractivity contribution in [3.8, 4) is 17.0 Å². The number of nitrogens with two attached hydrogens (primary N) is 1. The van der Waals surface area contributed by atoms with Gasteiger partial charge in [-0.1, -0.05) is 11.3 Å². The van der Waals surface area contributed by atoms with Crippen molar-refractivity contribution in [1.82, 2.24) is 34.5 Å². The van der Waals surface area contributed by atoms with Crippen molar-refractivity contribution in [3.63, 3.8) is 0 Å². The van der Waals surface area contributed by atoms with E-state index in [1.807, 2.05) is 0 Å². The molecule has 0 aliphatic carbocycles. The molecule has 4 aromatic rings. The number of fused-ring (bicyclic) bond motifs is 2. The third-order valence-corrected chi connectivity index (χ3v) is 6.10. The maximum atomic E-state index is 15.0. The predicted molar refractivity (Wildman–Crippen MR) is 116 cm³/mol. The van der Waals surface area contributed by atoms with Gasteiger partial charge in [-0.2, -0.15) is 4.98 Å². The normalized spacial score (nSPS) is 19.5. The van der Waals surface area contributed by atoms with Crippen LogP contribution in [0.4, 0.5) is 19.1 Å². The summed E-state index contributed by atoms with van der Waals surface area (Å²) in [5.41, 5.74) is 8.93. The summed E-state index contributed by atoms with van der Waals surface area (Å²) >= 11 is 0. The van der Waals surface area contributed by atoms with Crippen LogP contribution in [-0.2, 0) is 0 Å². The summed E-state index contributed by atoms with van der Waals surface area (Å²) < 4.78 is 51.8.